The second-order valence-electron chi connectivity index (χ2n) is 13.8. The molecular weight excluding hydrogens is 506 g/mol. The van der Waals surface area contributed by atoms with E-state index < -0.39 is 0 Å². The third-order valence-corrected chi connectivity index (χ3v) is 9.26. The van der Waals surface area contributed by atoms with Crippen LogP contribution in [0, 0.1) is 25.7 Å². The topological polar surface area (TPSA) is 60.8 Å². The minimum atomic E-state index is -0.0323. The van der Waals surface area contributed by atoms with Gasteiger partial charge in [-0.05, 0) is 99.4 Å². The Hall–Kier alpha value is -2.01. The normalized spacial score (nSPS) is 17.2. The first-order valence-corrected chi connectivity index (χ1v) is 16.0. The summed E-state index contributed by atoms with van der Waals surface area (Å²) in [6.45, 7) is 17.3. The average molecular weight is 566 g/mol. The maximum Gasteiger partial charge on any atom is 0.120 e. The first-order valence-electron chi connectivity index (χ1n) is 16.0. The minimum Gasteiger partial charge on any atom is -0.396 e. The van der Waals surface area contributed by atoms with E-state index in [0.717, 1.165) is 32.2 Å². The van der Waals surface area contributed by atoms with Crippen LogP contribution in [0.4, 0.5) is 0 Å². The van der Waals surface area contributed by atoms with Crippen molar-refractivity contribution in [3.8, 4) is 0 Å². The monoisotopic (exact) mass is 565 g/mol. The van der Waals surface area contributed by atoms with E-state index in [2.05, 4.69) is 95.0 Å². The minimum absolute atomic E-state index is 0.0323. The number of hydrogen-bond donors (Lipinski definition) is 2. The zero-order valence-corrected chi connectivity index (χ0v) is 27.0. The number of hydrogen-bond acceptors (Lipinski definition) is 4. The van der Waals surface area contributed by atoms with Crippen LogP contribution in [0.5, 0.6) is 0 Å². The Kier molecular flexibility index (Phi) is 15.3. The molecule has 4 nitrogen and oxygen atoms in total. The molecule has 41 heavy (non-hydrogen) atoms. The SMILES string of the molecule is Cc1ccc(C(C)(C)CC=O)cc1.Cc1ccc(C(C)(C)CCN2CCC(CO)CC2)cc1.OCC1CCCCC1. The molecule has 0 aromatic heterocycles. The van der Waals surface area contributed by atoms with Gasteiger partial charge in [-0.25, -0.2) is 0 Å². The standard InChI is InChI=1S/C18H29NO.C12H16O.C7H14O/c1-15-4-6-17(7-5-15)18(2,3)10-13-19-11-8-16(14-20)9-12-19;1-10-4-6-11(7-5-10)12(2,3)8-9-13;8-6-7-4-2-1-3-5-7/h4-7,16,20H,8-14H2,1-3H3;4-7,9H,8H2,1-3H3;7-8H,1-6H2. The number of aliphatic hydroxyl groups excluding tert-OH is 2. The summed E-state index contributed by atoms with van der Waals surface area (Å²) in [5.41, 5.74) is 5.46. The van der Waals surface area contributed by atoms with Gasteiger partial charge in [-0.15, -0.1) is 0 Å². The van der Waals surface area contributed by atoms with Gasteiger partial charge in [-0.2, -0.15) is 0 Å². The Morgan fingerprint density at radius 1 is 0.707 bits per heavy atom. The number of aryl methyl sites for hydroxylation is 2. The Balaban J connectivity index is 0.000000239. The average Bonchev–Trinajstić information content (AvgIpc) is 2.98. The van der Waals surface area contributed by atoms with E-state index in [1.165, 1.54) is 67.3 Å². The number of rotatable bonds is 9. The third kappa shape index (κ3) is 12.8. The fourth-order valence-electron chi connectivity index (χ4n) is 5.68. The van der Waals surface area contributed by atoms with Gasteiger partial charge in [0.15, 0.2) is 0 Å². The Morgan fingerprint density at radius 3 is 1.56 bits per heavy atom. The molecule has 1 aliphatic heterocycles. The highest BCUT2D eigenvalue weighted by Gasteiger charge is 2.24. The van der Waals surface area contributed by atoms with E-state index in [9.17, 15) is 9.90 Å². The second-order valence-corrected chi connectivity index (χ2v) is 13.8. The van der Waals surface area contributed by atoms with Crippen LogP contribution < -0.4 is 0 Å². The van der Waals surface area contributed by atoms with Gasteiger partial charge in [0.25, 0.3) is 0 Å². The second kappa shape index (κ2) is 17.8. The Labute approximate surface area is 251 Å². The predicted molar refractivity (Wildman–Crippen MR) is 174 cm³/mol. The fourth-order valence-corrected chi connectivity index (χ4v) is 5.68. The number of nitrogens with zero attached hydrogens (tertiary/aromatic N) is 1. The van der Waals surface area contributed by atoms with E-state index in [-0.39, 0.29) is 10.8 Å². The molecule has 1 saturated heterocycles. The van der Waals surface area contributed by atoms with Crippen molar-refractivity contribution in [3.05, 3.63) is 70.8 Å². The quantitative estimate of drug-likeness (QED) is 0.305. The van der Waals surface area contributed by atoms with Gasteiger partial charge in [0.2, 0.25) is 0 Å². The molecule has 2 fully saturated rings. The van der Waals surface area contributed by atoms with E-state index in [1.54, 1.807) is 0 Å². The first-order chi connectivity index (χ1) is 19.5. The van der Waals surface area contributed by atoms with Crippen molar-refractivity contribution in [3.63, 3.8) is 0 Å². The first kappa shape index (κ1) is 35.2. The van der Waals surface area contributed by atoms with E-state index in [0.29, 0.717) is 31.5 Å². The van der Waals surface area contributed by atoms with Crippen molar-refractivity contribution < 1.29 is 15.0 Å². The Morgan fingerprint density at radius 2 is 1.15 bits per heavy atom. The molecule has 0 radical (unpaired) electrons. The van der Waals surface area contributed by atoms with E-state index in [4.69, 9.17) is 5.11 Å². The molecule has 4 rings (SSSR count). The molecular formula is C37H59NO3. The molecule has 0 atom stereocenters. The number of carbonyl (C=O) groups is 1. The van der Waals surface area contributed by atoms with Crippen molar-refractivity contribution in [1.29, 1.82) is 0 Å². The van der Waals surface area contributed by atoms with Crippen LogP contribution in [0.1, 0.15) is 108 Å². The number of aliphatic hydroxyl groups is 2. The zero-order chi connectivity index (χ0) is 30.3. The lowest BCUT2D eigenvalue weighted by Crippen LogP contribution is -2.37. The number of carbonyl (C=O) groups excluding carboxylic acids is 1. The molecule has 0 bridgehead atoms. The highest BCUT2D eigenvalue weighted by Crippen LogP contribution is 2.29. The van der Waals surface area contributed by atoms with Crippen LogP contribution in [-0.4, -0.2) is 54.2 Å². The summed E-state index contributed by atoms with van der Waals surface area (Å²) in [4.78, 5) is 13.0. The molecule has 0 amide bonds. The maximum absolute atomic E-state index is 10.5. The molecule has 230 valence electrons. The van der Waals surface area contributed by atoms with Crippen LogP contribution in [0.15, 0.2) is 48.5 Å². The van der Waals surface area contributed by atoms with Crippen molar-refractivity contribution in [2.45, 2.75) is 110 Å². The summed E-state index contributed by atoms with van der Waals surface area (Å²) in [5.74, 6) is 1.18. The number of benzene rings is 2. The van der Waals surface area contributed by atoms with Gasteiger partial charge in [0.1, 0.15) is 6.29 Å². The Bertz CT molecular complexity index is 966. The summed E-state index contributed by atoms with van der Waals surface area (Å²) in [5, 5.41) is 17.9. The summed E-state index contributed by atoms with van der Waals surface area (Å²) >= 11 is 0. The largest absolute Gasteiger partial charge is 0.396 e. The van der Waals surface area contributed by atoms with Crippen LogP contribution in [0.2, 0.25) is 0 Å². The molecule has 0 unspecified atom stereocenters. The van der Waals surface area contributed by atoms with Gasteiger partial charge in [-0.1, -0.05) is 107 Å². The van der Waals surface area contributed by atoms with Gasteiger partial charge in [0.05, 0.1) is 0 Å². The number of piperidine rings is 1. The van der Waals surface area contributed by atoms with Crippen LogP contribution in [-0.2, 0) is 15.6 Å². The summed E-state index contributed by atoms with van der Waals surface area (Å²) in [7, 11) is 0. The molecule has 1 heterocycles. The summed E-state index contributed by atoms with van der Waals surface area (Å²) < 4.78 is 0. The number of aldehydes is 1. The van der Waals surface area contributed by atoms with E-state index in [1.807, 2.05) is 0 Å². The predicted octanol–water partition coefficient (Wildman–Crippen LogP) is 7.79. The molecule has 1 saturated carbocycles. The van der Waals surface area contributed by atoms with Gasteiger partial charge in [0, 0.05) is 19.6 Å². The smallest absolute Gasteiger partial charge is 0.120 e. The summed E-state index contributed by atoms with van der Waals surface area (Å²) in [6, 6.07) is 17.3. The fraction of sp³-hybridized carbons (Fsp3) is 0.649. The van der Waals surface area contributed by atoms with Crippen molar-refractivity contribution in [2.75, 3.05) is 32.8 Å². The molecule has 2 N–H and O–H groups in total. The highest BCUT2D eigenvalue weighted by atomic mass is 16.3. The lowest BCUT2D eigenvalue weighted by atomic mass is 9.81. The maximum atomic E-state index is 10.5. The molecule has 2 aliphatic rings. The molecule has 2 aromatic carbocycles. The molecule has 4 heteroatoms. The summed E-state index contributed by atoms with van der Waals surface area (Å²) in [6.07, 6.45) is 11.7. The third-order valence-electron chi connectivity index (χ3n) is 9.26. The van der Waals surface area contributed by atoms with Gasteiger partial charge in [-0.3, -0.25) is 0 Å². The molecule has 0 spiro atoms. The zero-order valence-electron chi connectivity index (χ0n) is 27.0. The van der Waals surface area contributed by atoms with Crippen LogP contribution in [0.25, 0.3) is 0 Å². The highest BCUT2D eigenvalue weighted by molar-refractivity contribution is 5.53. The van der Waals surface area contributed by atoms with E-state index >= 15 is 0 Å². The van der Waals surface area contributed by atoms with Gasteiger partial charge >= 0.3 is 0 Å². The molecule has 2 aromatic rings. The van der Waals surface area contributed by atoms with Crippen molar-refractivity contribution in [2.24, 2.45) is 11.8 Å². The van der Waals surface area contributed by atoms with Crippen molar-refractivity contribution in [1.82, 2.24) is 4.90 Å². The van der Waals surface area contributed by atoms with Crippen LogP contribution in [0.3, 0.4) is 0 Å². The van der Waals surface area contributed by atoms with Gasteiger partial charge < -0.3 is 19.9 Å². The number of likely N-dealkylation sites (tertiary alicyclic amines) is 1. The van der Waals surface area contributed by atoms with Crippen molar-refractivity contribution >= 4 is 6.29 Å². The lowest BCUT2D eigenvalue weighted by molar-refractivity contribution is -0.108. The molecule has 1 aliphatic carbocycles. The lowest BCUT2D eigenvalue weighted by Gasteiger charge is -2.34. The van der Waals surface area contributed by atoms with Crippen LogP contribution >= 0.6 is 0 Å².